The fourth-order valence-electron chi connectivity index (χ4n) is 2.10. The third-order valence-corrected chi connectivity index (χ3v) is 3.37. The van der Waals surface area contributed by atoms with Crippen LogP contribution in [-0.4, -0.2) is 7.05 Å². The third-order valence-electron chi connectivity index (χ3n) is 3.05. The Morgan fingerprint density at radius 3 is 2.16 bits per heavy atom. The van der Waals surface area contributed by atoms with Crippen LogP contribution in [0.2, 0.25) is 5.02 Å². The molecule has 19 heavy (non-hydrogen) atoms. The van der Waals surface area contributed by atoms with Crippen molar-refractivity contribution in [3.05, 3.63) is 58.1 Å². The molecule has 2 rings (SSSR count). The summed E-state index contributed by atoms with van der Waals surface area (Å²) in [5, 5.41) is 9.37. The number of aryl methyl sites for hydroxylation is 2. The minimum absolute atomic E-state index is 0.483. The van der Waals surface area contributed by atoms with Crippen molar-refractivity contribution in [2.45, 2.75) is 13.8 Å². The highest BCUT2D eigenvalue weighted by atomic mass is 35.5. The molecule has 0 radical (unpaired) electrons. The standard InChI is InChI=1S/C16H15ClN2/c1-11-6-12(2)8-15(7-11)19(3)14-5-4-13(10-18)16(17)9-14/h4-9H,1-3H3. The van der Waals surface area contributed by atoms with Crippen LogP contribution in [0.1, 0.15) is 16.7 Å². The highest BCUT2D eigenvalue weighted by molar-refractivity contribution is 6.32. The molecule has 3 heteroatoms. The van der Waals surface area contributed by atoms with Gasteiger partial charge in [0.05, 0.1) is 10.6 Å². The predicted molar refractivity (Wildman–Crippen MR) is 80.1 cm³/mol. The van der Waals surface area contributed by atoms with Gasteiger partial charge in [-0.3, -0.25) is 0 Å². The first-order valence-corrected chi connectivity index (χ1v) is 6.41. The topological polar surface area (TPSA) is 27.0 Å². The molecule has 2 aromatic rings. The van der Waals surface area contributed by atoms with Crippen molar-refractivity contribution in [1.29, 1.82) is 5.26 Å². The first-order valence-electron chi connectivity index (χ1n) is 6.03. The molecular weight excluding hydrogens is 256 g/mol. The van der Waals surface area contributed by atoms with Crippen molar-refractivity contribution in [3.63, 3.8) is 0 Å². The minimum atomic E-state index is 0.483. The second-order valence-electron chi connectivity index (χ2n) is 4.68. The van der Waals surface area contributed by atoms with Crippen LogP contribution in [0, 0.1) is 25.2 Å². The molecule has 0 aliphatic carbocycles. The number of anilines is 2. The Morgan fingerprint density at radius 2 is 1.63 bits per heavy atom. The summed E-state index contributed by atoms with van der Waals surface area (Å²) in [6.07, 6.45) is 0. The summed E-state index contributed by atoms with van der Waals surface area (Å²) in [4.78, 5) is 2.06. The van der Waals surface area contributed by atoms with E-state index in [1.165, 1.54) is 11.1 Å². The predicted octanol–water partition coefficient (Wildman–Crippen LogP) is 4.60. The molecule has 2 aromatic carbocycles. The molecule has 0 N–H and O–H groups in total. The van der Waals surface area contributed by atoms with Gasteiger partial charge in [-0.2, -0.15) is 5.26 Å². The van der Waals surface area contributed by atoms with Gasteiger partial charge in [0.15, 0.2) is 0 Å². The number of benzene rings is 2. The van der Waals surface area contributed by atoms with Crippen LogP contribution >= 0.6 is 11.6 Å². The lowest BCUT2D eigenvalue weighted by Gasteiger charge is -2.21. The Kier molecular flexibility index (Phi) is 3.78. The summed E-state index contributed by atoms with van der Waals surface area (Å²) >= 11 is 6.07. The van der Waals surface area contributed by atoms with Gasteiger partial charge in [-0.15, -0.1) is 0 Å². The Labute approximate surface area is 118 Å². The van der Waals surface area contributed by atoms with Crippen molar-refractivity contribution in [2.75, 3.05) is 11.9 Å². The van der Waals surface area contributed by atoms with Gasteiger partial charge in [0.25, 0.3) is 0 Å². The fourth-order valence-corrected chi connectivity index (χ4v) is 2.31. The highest BCUT2D eigenvalue weighted by Crippen LogP contribution is 2.29. The number of rotatable bonds is 2. The van der Waals surface area contributed by atoms with E-state index in [2.05, 4.69) is 43.0 Å². The van der Waals surface area contributed by atoms with E-state index < -0.39 is 0 Å². The first kappa shape index (κ1) is 13.5. The molecule has 0 atom stereocenters. The Balaban J connectivity index is 2.41. The van der Waals surface area contributed by atoms with Gasteiger partial charge in [-0.25, -0.2) is 0 Å². The SMILES string of the molecule is Cc1cc(C)cc(N(C)c2ccc(C#N)c(Cl)c2)c1. The van der Waals surface area contributed by atoms with Gasteiger partial charge in [-0.05, 0) is 55.3 Å². The largest absolute Gasteiger partial charge is 0.345 e. The van der Waals surface area contributed by atoms with Crippen LogP contribution < -0.4 is 4.90 Å². The van der Waals surface area contributed by atoms with Crippen LogP contribution in [0.15, 0.2) is 36.4 Å². The van der Waals surface area contributed by atoms with Gasteiger partial charge in [0.2, 0.25) is 0 Å². The second-order valence-corrected chi connectivity index (χ2v) is 5.09. The van der Waals surface area contributed by atoms with E-state index in [4.69, 9.17) is 16.9 Å². The molecule has 0 amide bonds. The lowest BCUT2D eigenvalue weighted by atomic mass is 10.1. The maximum Gasteiger partial charge on any atom is 0.101 e. The van der Waals surface area contributed by atoms with E-state index in [1.807, 2.05) is 19.2 Å². The maximum atomic E-state index is 8.89. The summed E-state index contributed by atoms with van der Waals surface area (Å²) in [7, 11) is 1.99. The van der Waals surface area contributed by atoms with Crippen LogP contribution in [0.4, 0.5) is 11.4 Å². The second kappa shape index (κ2) is 5.34. The van der Waals surface area contributed by atoms with Gasteiger partial charge >= 0.3 is 0 Å². The molecule has 96 valence electrons. The molecule has 0 heterocycles. The van der Waals surface area contributed by atoms with Crippen LogP contribution in [-0.2, 0) is 0 Å². The van der Waals surface area contributed by atoms with E-state index >= 15 is 0 Å². The van der Waals surface area contributed by atoms with Crippen LogP contribution in [0.25, 0.3) is 0 Å². The smallest absolute Gasteiger partial charge is 0.101 e. The summed E-state index contributed by atoms with van der Waals surface area (Å²) in [6, 6.07) is 13.9. The lowest BCUT2D eigenvalue weighted by molar-refractivity contribution is 1.19. The maximum absolute atomic E-state index is 8.89. The average Bonchev–Trinajstić information content (AvgIpc) is 2.36. The minimum Gasteiger partial charge on any atom is -0.345 e. The van der Waals surface area contributed by atoms with Gasteiger partial charge in [0, 0.05) is 18.4 Å². The molecule has 0 saturated heterocycles. The summed E-state index contributed by atoms with van der Waals surface area (Å²) < 4.78 is 0. The normalized spacial score (nSPS) is 10.1. The molecule has 0 spiro atoms. The number of halogens is 1. The van der Waals surface area contributed by atoms with Crippen molar-refractivity contribution < 1.29 is 0 Å². The number of nitriles is 1. The van der Waals surface area contributed by atoms with E-state index in [0.29, 0.717) is 10.6 Å². The van der Waals surface area contributed by atoms with Crippen molar-refractivity contribution in [1.82, 2.24) is 0 Å². The lowest BCUT2D eigenvalue weighted by Crippen LogP contribution is -2.09. The van der Waals surface area contributed by atoms with E-state index in [0.717, 1.165) is 11.4 Å². The average molecular weight is 271 g/mol. The molecule has 2 nitrogen and oxygen atoms in total. The third kappa shape index (κ3) is 2.89. The van der Waals surface area contributed by atoms with Crippen molar-refractivity contribution >= 4 is 23.0 Å². The monoisotopic (exact) mass is 270 g/mol. The van der Waals surface area contributed by atoms with E-state index in [1.54, 1.807) is 6.07 Å². The molecule has 0 unspecified atom stereocenters. The summed E-state index contributed by atoms with van der Waals surface area (Å²) in [5.41, 5.74) is 5.02. The van der Waals surface area contributed by atoms with Gasteiger partial charge in [-0.1, -0.05) is 17.7 Å². The summed E-state index contributed by atoms with van der Waals surface area (Å²) in [5.74, 6) is 0. The van der Waals surface area contributed by atoms with Crippen LogP contribution in [0.5, 0.6) is 0 Å². The Bertz CT molecular complexity index is 636. The number of hydrogen-bond donors (Lipinski definition) is 0. The molecule has 0 bridgehead atoms. The molecule has 0 aromatic heterocycles. The highest BCUT2D eigenvalue weighted by Gasteiger charge is 2.08. The zero-order valence-electron chi connectivity index (χ0n) is 11.2. The Hall–Kier alpha value is -1.98. The zero-order chi connectivity index (χ0) is 14.0. The van der Waals surface area contributed by atoms with Crippen molar-refractivity contribution in [3.8, 4) is 6.07 Å². The molecule has 0 aliphatic heterocycles. The quantitative estimate of drug-likeness (QED) is 0.798. The van der Waals surface area contributed by atoms with Gasteiger partial charge in [0.1, 0.15) is 6.07 Å². The van der Waals surface area contributed by atoms with Gasteiger partial charge < -0.3 is 4.90 Å². The number of hydrogen-bond acceptors (Lipinski definition) is 2. The van der Waals surface area contributed by atoms with Crippen LogP contribution in [0.3, 0.4) is 0 Å². The molecule has 0 fully saturated rings. The van der Waals surface area contributed by atoms with E-state index in [-0.39, 0.29) is 0 Å². The fraction of sp³-hybridized carbons (Fsp3) is 0.188. The number of nitrogens with zero attached hydrogens (tertiary/aromatic N) is 2. The zero-order valence-corrected chi connectivity index (χ0v) is 12.0. The molecule has 0 aliphatic rings. The van der Waals surface area contributed by atoms with E-state index in [9.17, 15) is 0 Å². The first-order chi connectivity index (χ1) is 9.01. The summed E-state index contributed by atoms with van der Waals surface area (Å²) in [6.45, 7) is 4.16. The molecular formula is C16H15ClN2. The molecule has 0 saturated carbocycles. The van der Waals surface area contributed by atoms with Crippen molar-refractivity contribution in [2.24, 2.45) is 0 Å². The Morgan fingerprint density at radius 1 is 1.00 bits per heavy atom.